The molecular weight excluding hydrogens is 390 g/mol. The summed E-state index contributed by atoms with van der Waals surface area (Å²) >= 11 is 0. The highest BCUT2D eigenvalue weighted by atomic mass is 16.5. The summed E-state index contributed by atoms with van der Waals surface area (Å²) < 4.78 is 5.41. The van der Waals surface area contributed by atoms with Crippen molar-refractivity contribution in [1.82, 2.24) is 4.98 Å². The van der Waals surface area contributed by atoms with Crippen LogP contribution in [0.5, 0.6) is 0 Å². The van der Waals surface area contributed by atoms with E-state index in [1.54, 1.807) is 12.3 Å². The molecule has 0 amide bonds. The van der Waals surface area contributed by atoms with Gasteiger partial charge in [0.05, 0.1) is 17.8 Å². The summed E-state index contributed by atoms with van der Waals surface area (Å²) in [5.74, 6) is -0.209. The molecule has 1 saturated carbocycles. The Morgan fingerprint density at radius 2 is 1.84 bits per heavy atom. The molecule has 2 aromatic rings. The molecule has 2 heterocycles. The maximum absolute atomic E-state index is 13.1. The van der Waals surface area contributed by atoms with Crippen molar-refractivity contribution < 1.29 is 14.3 Å². The zero-order chi connectivity index (χ0) is 22.0. The molecule has 0 unspecified atom stereocenters. The number of rotatable bonds is 4. The molecular formula is C25H27N3O3. The van der Waals surface area contributed by atoms with Gasteiger partial charge in [-0.05, 0) is 55.0 Å². The first-order valence-corrected chi connectivity index (χ1v) is 10.8. The van der Waals surface area contributed by atoms with Gasteiger partial charge in [0.1, 0.15) is 23.3 Å². The van der Waals surface area contributed by atoms with E-state index in [9.17, 15) is 9.59 Å². The Balaban J connectivity index is 1.57. The minimum atomic E-state index is -0.513. The van der Waals surface area contributed by atoms with Crippen LogP contribution in [0, 0.1) is 30.1 Å². The number of Topliss-reactive ketones (excluding diaryl/α,β-unsaturated/α-hetero) is 2. The highest BCUT2D eigenvalue weighted by Gasteiger charge is 2.46. The van der Waals surface area contributed by atoms with Crippen molar-refractivity contribution in [2.24, 2.45) is 11.8 Å². The molecule has 1 aliphatic carbocycles. The minimum absolute atomic E-state index is 0.0692. The van der Waals surface area contributed by atoms with Gasteiger partial charge in [-0.25, -0.2) is 4.98 Å². The van der Waals surface area contributed by atoms with Crippen LogP contribution in [0.1, 0.15) is 49.4 Å². The molecule has 1 saturated heterocycles. The molecule has 0 bridgehead atoms. The fourth-order valence-electron chi connectivity index (χ4n) is 5.11. The van der Waals surface area contributed by atoms with E-state index in [4.69, 9.17) is 10.00 Å². The zero-order valence-corrected chi connectivity index (χ0v) is 18.0. The maximum atomic E-state index is 13.1. The van der Waals surface area contributed by atoms with Crippen LogP contribution in [0.3, 0.4) is 0 Å². The van der Waals surface area contributed by atoms with Gasteiger partial charge in [0, 0.05) is 37.2 Å². The third kappa shape index (κ3) is 4.24. The summed E-state index contributed by atoms with van der Waals surface area (Å²) in [6, 6.07) is 11.4. The van der Waals surface area contributed by atoms with Gasteiger partial charge in [-0.1, -0.05) is 19.1 Å². The average molecular weight is 418 g/mol. The fourth-order valence-corrected chi connectivity index (χ4v) is 5.11. The number of pyridine rings is 1. The molecule has 0 spiro atoms. The van der Waals surface area contributed by atoms with Crippen molar-refractivity contribution in [3.05, 3.63) is 53.3 Å². The second-order valence-electron chi connectivity index (χ2n) is 8.92. The first kappa shape index (κ1) is 21.2. The number of nitriles is 1. The Hall–Kier alpha value is -3.04. The Labute approximate surface area is 182 Å². The first-order chi connectivity index (χ1) is 14.9. The number of aromatic nitrogens is 1. The van der Waals surface area contributed by atoms with Crippen LogP contribution in [-0.4, -0.2) is 29.8 Å². The Morgan fingerprint density at radius 1 is 1.13 bits per heavy atom. The number of nitrogens with zero attached hydrogens (tertiary/aromatic N) is 2. The van der Waals surface area contributed by atoms with Crippen LogP contribution >= 0.6 is 0 Å². The number of anilines is 2. The van der Waals surface area contributed by atoms with Gasteiger partial charge in [-0.15, -0.1) is 0 Å². The van der Waals surface area contributed by atoms with Gasteiger partial charge >= 0.3 is 0 Å². The topological polar surface area (TPSA) is 92.1 Å². The van der Waals surface area contributed by atoms with Crippen LogP contribution in [0.4, 0.5) is 11.4 Å². The second kappa shape index (κ2) is 8.60. The predicted octanol–water partition coefficient (Wildman–Crippen LogP) is 4.24. The third-order valence-corrected chi connectivity index (χ3v) is 6.70. The second-order valence-corrected chi connectivity index (χ2v) is 8.92. The van der Waals surface area contributed by atoms with Gasteiger partial charge in [-0.3, -0.25) is 9.59 Å². The summed E-state index contributed by atoms with van der Waals surface area (Å²) in [5, 5.41) is 12.3. The van der Waals surface area contributed by atoms with Gasteiger partial charge < -0.3 is 10.1 Å². The lowest BCUT2D eigenvalue weighted by atomic mass is 9.62. The van der Waals surface area contributed by atoms with E-state index in [-0.39, 0.29) is 17.5 Å². The number of hydrogen-bond acceptors (Lipinski definition) is 6. The molecule has 0 atom stereocenters. The van der Waals surface area contributed by atoms with E-state index in [2.05, 4.69) is 10.3 Å². The molecule has 1 N–H and O–H groups in total. The van der Waals surface area contributed by atoms with Crippen molar-refractivity contribution in [2.45, 2.75) is 44.9 Å². The SMILES string of the molecule is Cc1c(Nc2ccc(C#N)nc2)cccc1C1(C)CC(=O)C(C2CCOCC2)C(=O)C1. The van der Waals surface area contributed by atoms with Gasteiger partial charge in [0.15, 0.2) is 0 Å². The molecule has 4 rings (SSSR count). The van der Waals surface area contributed by atoms with E-state index in [1.807, 2.05) is 44.2 Å². The summed E-state index contributed by atoms with van der Waals surface area (Å²) in [4.78, 5) is 30.4. The Kier molecular flexibility index (Phi) is 5.88. The van der Waals surface area contributed by atoms with Crippen LogP contribution in [0.15, 0.2) is 36.5 Å². The normalized spacial score (nSPS) is 24.6. The lowest BCUT2D eigenvalue weighted by Crippen LogP contribution is -2.45. The van der Waals surface area contributed by atoms with E-state index in [1.165, 1.54) is 0 Å². The molecule has 6 nitrogen and oxygen atoms in total. The molecule has 6 heteroatoms. The van der Waals surface area contributed by atoms with Crippen molar-refractivity contribution in [3.8, 4) is 6.07 Å². The Bertz CT molecular complexity index is 1010. The standard InChI is InChI=1S/C25H27N3O3/c1-16-20(4-3-5-21(16)28-19-7-6-18(14-26)27-15-19)25(2)12-22(29)24(23(30)13-25)17-8-10-31-11-9-17/h3-7,15,17,24,28H,8-13H2,1-2H3. The van der Waals surface area contributed by atoms with Crippen LogP contribution in [0.25, 0.3) is 0 Å². The number of nitrogens with one attached hydrogen (secondary N) is 1. The highest BCUT2D eigenvalue weighted by Crippen LogP contribution is 2.43. The van der Waals surface area contributed by atoms with Crippen LogP contribution in [-0.2, 0) is 19.7 Å². The number of benzene rings is 1. The summed E-state index contributed by atoms with van der Waals surface area (Å²) in [6.45, 7) is 5.31. The molecule has 1 aromatic carbocycles. The number of hydrogen-bond donors (Lipinski definition) is 1. The first-order valence-electron chi connectivity index (χ1n) is 10.8. The predicted molar refractivity (Wildman–Crippen MR) is 117 cm³/mol. The minimum Gasteiger partial charge on any atom is -0.381 e. The van der Waals surface area contributed by atoms with Crippen LogP contribution < -0.4 is 5.32 Å². The van der Waals surface area contributed by atoms with Crippen LogP contribution in [0.2, 0.25) is 0 Å². The van der Waals surface area contributed by atoms with E-state index < -0.39 is 11.3 Å². The number of ketones is 2. The number of carbonyl (C=O) groups is 2. The lowest BCUT2D eigenvalue weighted by molar-refractivity contribution is -0.142. The zero-order valence-electron chi connectivity index (χ0n) is 18.0. The lowest BCUT2D eigenvalue weighted by Gasteiger charge is -2.40. The molecule has 2 fully saturated rings. The maximum Gasteiger partial charge on any atom is 0.144 e. The quantitative estimate of drug-likeness (QED) is 0.748. The third-order valence-electron chi connectivity index (χ3n) is 6.70. The summed E-state index contributed by atoms with van der Waals surface area (Å²) in [5.41, 5.74) is 3.56. The number of ether oxygens (including phenoxy) is 1. The van der Waals surface area contributed by atoms with Crippen molar-refractivity contribution in [3.63, 3.8) is 0 Å². The number of carbonyl (C=O) groups excluding carboxylic acids is 2. The van der Waals surface area contributed by atoms with Crippen molar-refractivity contribution in [1.29, 1.82) is 5.26 Å². The van der Waals surface area contributed by atoms with E-state index in [0.29, 0.717) is 31.7 Å². The van der Waals surface area contributed by atoms with Gasteiger partial charge in [0.25, 0.3) is 0 Å². The highest BCUT2D eigenvalue weighted by molar-refractivity contribution is 6.06. The average Bonchev–Trinajstić information content (AvgIpc) is 2.76. The van der Waals surface area contributed by atoms with Gasteiger partial charge in [0.2, 0.25) is 0 Å². The smallest absolute Gasteiger partial charge is 0.144 e. The summed E-state index contributed by atoms with van der Waals surface area (Å²) in [7, 11) is 0. The molecule has 31 heavy (non-hydrogen) atoms. The molecule has 0 radical (unpaired) electrons. The molecule has 1 aliphatic heterocycles. The molecule has 1 aromatic heterocycles. The van der Waals surface area contributed by atoms with Gasteiger partial charge in [-0.2, -0.15) is 5.26 Å². The van der Waals surface area contributed by atoms with E-state index >= 15 is 0 Å². The van der Waals surface area contributed by atoms with Crippen molar-refractivity contribution >= 4 is 22.9 Å². The molecule has 2 aliphatic rings. The Morgan fingerprint density at radius 3 is 2.45 bits per heavy atom. The van der Waals surface area contributed by atoms with Crippen molar-refractivity contribution in [2.75, 3.05) is 18.5 Å². The monoisotopic (exact) mass is 417 g/mol. The molecule has 160 valence electrons. The largest absolute Gasteiger partial charge is 0.381 e. The fraction of sp³-hybridized carbons (Fsp3) is 0.440. The summed E-state index contributed by atoms with van der Waals surface area (Å²) in [6.07, 6.45) is 3.96. The van der Waals surface area contributed by atoms with E-state index in [0.717, 1.165) is 35.3 Å².